The van der Waals surface area contributed by atoms with E-state index < -0.39 is 21.7 Å². The lowest BCUT2D eigenvalue weighted by Gasteiger charge is -2.16. The number of phenols is 1. The molecule has 0 aliphatic carbocycles. The molecule has 1 heterocycles. The molecule has 7 nitrogen and oxygen atoms in total. The lowest BCUT2D eigenvalue weighted by atomic mass is 10.0. The number of rotatable bonds is 4. The summed E-state index contributed by atoms with van der Waals surface area (Å²) in [5.41, 5.74) is 3.16. The first-order chi connectivity index (χ1) is 17.2. The second kappa shape index (κ2) is 10.1. The quantitative estimate of drug-likeness (QED) is 0.340. The molecule has 2 amide bonds. The van der Waals surface area contributed by atoms with Gasteiger partial charge in [-0.3, -0.25) is 9.59 Å². The normalized spacial score (nSPS) is 14.1. The number of aromatic hydroxyl groups is 1. The third kappa shape index (κ3) is 4.96. The van der Waals surface area contributed by atoms with Crippen LogP contribution >= 0.6 is 13.5 Å². The molecule has 1 aliphatic heterocycles. The number of benzene rings is 4. The number of sulfone groups is 1. The van der Waals surface area contributed by atoms with Crippen molar-refractivity contribution in [2.45, 2.75) is 22.8 Å². The van der Waals surface area contributed by atoms with Crippen molar-refractivity contribution >= 4 is 40.8 Å². The van der Waals surface area contributed by atoms with Crippen molar-refractivity contribution < 1.29 is 23.1 Å². The highest BCUT2D eigenvalue weighted by Crippen LogP contribution is 2.34. The maximum absolute atomic E-state index is 13.1. The van der Waals surface area contributed by atoms with Crippen LogP contribution in [0.25, 0.3) is 11.1 Å². The summed E-state index contributed by atoms with van der Waals surface area (Å²) in [7, 11) is -3.94. The molecule has 188 valence electrons. The van der Waals surface area contributed by atoms with Gasteiger partial charge in [0, 0.05) is 5.56 Å². The van der Waals surface area contributed by atoms with E-state index in [0.717, 1.165) is 16.7 Å². The molecule has 0 saturated carbocycles. The molecule has 3 N–H and O–H groups in total. The third-order valence-corrected chi connectivity index (χ3v) is 8.03. The van der Waals surface area contributed by atoms with E-state index >= 15 is 0 Å². The zero-order valence-corrected chi connectivity index (χ0v) is 21.5. The topological polar surface area (TPSA) is 113 Å². The maximum atomic E-state index is 13.1. The van der Waals surface area contributed by atoms with Crippen LogP contribution in [-0.2, 0) is 9.84 Å². The van der Waals surface area contributed by atoms with Gasteiger partial charge in [-0.25, -0.2) is 8.42 Å². The van der Waals surface area contributed by atoms with Crippen LogP contribution < -0.4 is 10.6 Å². The van der Waals surface area contributed by atoms with Gasteiger partial charge in [0.15, 0.2) is 0 Å². The minimum atomic E-state index is -3.94. The van der Waals surface area contributed by atoms with E-state index in [0.29, 0.717) is 0 Å². The van der Waals surface area contributed by atoms with Crippen LogP contribution in [0.2, 0.25) is 0 Å². The predicted octanol–water partition coefficient (Wildman–Crippen LogP) is 5.06. The van der Waals surface area contributed by atoms with Crippen molar-refractivity contribution in [3.8, 4) is 16.9 Å². The lowest BCUT2D eigenvalue weighted by Crippen LogP contribution is -2.26. The minimum Gasteiger partial charge on any atom is -0.508 e. The standard InChI is InChI=1S/C28H22N2O5S.H2S/c1-17(18-6-8-19(9-7-18)20-10-13-22(31)14-11-20)29-27(32)21-12-15-26-24(16-21)30-28(33)23-4-2-3-5-25(23)36(26,34)35;/h2-17,31H,1H3,(H,29,32)(H,30,33);1H2/t17-;/m0./s1. The molecule has 1 aliphatic rings. The molecule has 1 atom stereocenters. The monoisotopic (exact) mass is 532 g/mol. The van der Waals surface area contributed by atoms with E-state index in [1.807, 2.05) is 43.3 Å². The van der Waals surface area contributed by atoms with E-state index in [9.17, 15) is 23.1 Å². The molecule has 0 bridgehead atoms. The van der Waals surface area contributed by atoms with Crippen LogP contribution in [0.15, 0.2) is 101 Å². The van der Waals surface area contributed by atoms with Gasteiger partial charge in [0.05, 0.1) is 27.1 Å². The first-order valence-corrected chi connectivity index (χ1v) is 12.7. The van der Waals surface area contributed by atoms with Crippen LogP contribution in [-0.4, -0.2) is 25.3 Å². The van der Waals surface area contributed by atoms with Gasteiger partial charge in [0.1, 0.15) is 5.75 Å². The summed E-state index contributed by atoms with van der Waals surface area (Å²) in [6.45, 7) is 1.85. The SMILES string of the molecule is C[C@H](NC(=O)c1ccc2c(c1)NC(=O)c1ccccc1S2(=O)=O)c1ccc(-c2ccc(O)cc2)cc1.S. The number of carbonyl (C=O) groups is 2. The van der Waals surface area contributed by atoms with E-state index in [2.05, 4.69) is 10.6 Å². The first-order valence-electron chi connectivity index (χ1n) is 11.2. The fourth-order valence-corrected chi connectivity index (χ4v) is 5.77. The summed E-state index contributed by atoms with van der Waals surface area (Å²) in [5, 5.41) is 15.0. The summed E-state index contributed by atoms with van der Waals surface area (Å²) in [5.74, 6) is -0.750. The molecule has 0 saturated heterocycles. The maximum Gasteiger partial charge on any atom is 0.257 e. The Hall–Kier alpha value is -4.08. The Kier molecular flexibility index (Phi) is 7.11. The van der Waals surface area contributed by atoms with E-state index in [1.54, 1.807) is 24.3 Å². The Balaban J connectivity index is 0.00000320. The van der Waals surface area contributed by atoms with Gasteiger partial charge >= 0.3 is 0 Å². The van der Waals surface area contributed by atoms with Crippen LogP contribution in [0, 0.1) is 0 Å². The summed E-state index contributed by atoms with van der Waals surface area (Å²) in [4.78, 5) is 25.5. The van der Waals surface area contributed by atoms with Crippen molar-refractivity contribution in [3.63, 3.8) is 0 Å². The number of anilines is 1. The van der Waals surface area contributed by atoms with E-state index in [4.69, 9.17) is 0 Å². The van der Waals surface area contributed by atoms with Crippen LogP contribution in [0.4, 0.5) is 5.69 Å². The average Bonchev–Trinajstić information content (AvgIpc) is 2.96. The average molecular weight is 533 g/mol. The smallest absolute Gasteiger partial charge is 0.257 e. The summed E-state index contributed by atoms with van der Waals surface area (Å²) >= 11 is 0. The van der Waals surface area contributed by atoms with Gasteiger partial charge in [0.2, 0.25) is 9.84 Å². The Morgan fingerprint density at radius 2 is 1.49 bits per heavy atom. The first kappa shape index (κ1) is 26.0. The number of fused-ring (bicyclic) bond motifs is 2. The molecule has 4 aromatic rings. The zero-order valence-electron chi connectivity index (χ0n) is 19.7. The minimum absolute atomic E-state index is 0. The molecule has 0 radical (unpaired) electrons. The van der Waals surface area contributed by atoms with Gasteiger partial charge in [-0.15, -0.1) is 0 Å². The fourth-order valence-electron chi connectivity index (χ4n) is 4.18. The van der Waals surface area contributed by atoms with Crippen molar-refractivity contribution in [2.24, 2.45) is 0 Å². The molecule has 0 fully saturated rings. The number of carbonyl (C=O) groups excluding carboxylic acids is 2. The molecule has 37 heavy (non-hydrogen) atoms. The van der Waals surface area contributed by atoms with Crippen molar-refractivity contribution in [1.29, 1.82) is 0 Å². The summed E-state index contributed by atoms with van der Waals surface area (Å²) < 4.78 is 26.3. The second-order valence-corrected chi connectivity index (χ2v) is 10.4. The highest BCUT2D eigenvalue weighted by atomic mass is 32.2. The Morgan fingerprint density at radius 3 is 2.16 bits per heavy atom. The number of amides is 2. The Labute approximate surface area is 221 Å². The Bertz CT molecular complexity index is 1600. The number of phenolic OH excluding ortho intramolecular Hbond substituents is 1. The predicted molar refractivity (Wildman–Crippen MR) is 146 cm³/mol. The van der Waals surface area contributed by atoms with Gasteiger partial charge in [-0.05, 0) is 66.1 Å². The summed E-state index contributed by atoms with van der Waals surface area (Å²) in [6.07, 6.45) is 0. The molecule has 0 spiro atoms. The van der Waals surface area contributed by atoms with Crippen molar-refractivity contribution in [3.05, 3.63) is 108 Å². The fraction of sp³-hybridized carbons (Fsp3) is 0.0714. The number of hydrogen-bond donors (Lipinski definition) is 3. The van der Waals surface area contributed by atoms with Crippen molar-refractivity contribution in [1.82, 2.24) is 5.32 Å². The number of hydrogen-bond acceptors (Lipinski definition) is 5. The van der Waals surface area contributed by atoms with E-state index in [1.165, 1.54) is 30.3 Å². The Morgan fingerprint density at radius 1 is 0.865 bits per heavy atom. The molecular weight excluding hydrogens is 508 g/mol. The van der Waals surface area contributed by atoms with Crippen LogP contribution in [0.1, 0.15) is 39.2 Å². The summed E-state index contributed by atoms with van der Waals surface area (Å²) in [6, 6.07) is 24.4. The highest BCUT2D eigenvalue weighted by molar-refractivity contribution is 7.91. The van der Waals surface area contributed by atoms with Crippen LogP contribution in [0.5, 0.6) is 5.75 Å². The molecule has 0 unspecified atom stereocenters. The molecule has 4 aromatic carbocycles. The van der Waals surface area contributed by atoms with Crippen molar-refractivity contribution in [2.75, 3.05) is 5.32 Å². The van der Waals surface area contributed by atoms with Gasteiger partial charge < -0.3 is 15.7 Å². The largest absolute Gasteiger partial charge is 0.508 e. The molecular formula is C28H24N2O5S2. The molecule has 5 rings (SSSR count). The van der Waals surface area contributed by atoms with Gasteiger partial charge in [-0.2, -0.15) is 13.5 Å². The van der Waals surface area contributed by atoms with E-state index in [-0.39, 0.29) is 51.9 Å². The van der Waals surface area contributed by atoms with Gasteiger partial charge in [0.25, 0.3) is 11.8 Å². The highest BCUT2D eigenvalue weighted by Gasteiger charge is 2.31. The van der Waals surface area contributed by atoms with Gasteiger partial charge in [-0.1, -0.05) is 48.5 Å². The number of nitrogens with one attached hydrogen (secondary N) is 2. The second-order valence-electron chi connectivity index (χ2n) is 8.53. The molecule has 9 heteroatoms. The zero-order chi connectivity index (χ0) is 25.4. The van der Waals surface area contributed by atoms with Crippen LogP contribution in [0.3, 0.4) is 0 Å². The lowest BCUT2D eigenvalue weighted by molar-refractivity contribution is 0.0938. The third-order valence-electron chi connectivity index (χ3n) is 6.16. The molecule has 0 aromatic heterocycles.